The maximum atomic E-state index is 13.0. The van der Waals surface area contributed by atoms with E-state index in [2.05, 4.69) is 4.98 Å². The average Bonchev–Trinajstić information content (AvgIpc) is 3.22. The SMILES string of the molecule is COC(=O)[C@](O)(c1ccccc1)[C@@H](CC(=O)c1nccn1C)c1ccc([N+](=O)[O-])cc1. The molecule has 9 heteroatoms. The molecule has 0 fully saturated rings. The first-order valence-corrected chi connectivity index (χ1v) is 9.40. The molecule has 1 heterocycles. The van der Waals surface area contributed by atoms with Gasteiger partial charge in [0, 0.05) is 43.9 Å². The summed E-state index contributed by atoms with van der Waals surface area (Å²) in [4.78, 5) is 40.4. The van der Waals surface area contributed by atoms with Crippen LogP contribution in [-0.2, 0) is 22.2 Å². The van der Waals surface area contributed by atoms with Gasteiger partial charge >= 0.3 is 5.97 Å². The summed E-state index contributed by atoms with van der Waals surface area (Å²) >= 11 is 0. The van der Waals surface area contributed by atoms with E-state index in [1.54, 1.807) is 43.6 Å². The van der Waals surface area contributed by atoms with Crippen LogP contribution in [0.2, 0.25) is 0 Å². The van der Waals surface area contributed by atoms with E-state index < -0.39 is 28.2 Å². The van der Waals surface area contributed by atoms with E-state index in [-0.39, 0.29) is 23.5 Å². The number of ether oxygens (including phenoxy) is 1. The Morgan fingerprint density at radius 3 is 2.35 bits per heavy atom. The number of benzene rings is 2. The second kappa shape index (κ2) is 8.88. The number of aryl methyl sites for hydroxylation is 1. The molecule has 0 saturated heterocycles. The molecule has 0 aliphatic rings. The number of nitro benzene ring substituents is 1. The maximum Gasteiger partial charge on any atom is 0.343 e. The van der Waals surface area contributed by atoms with E-state index in [9.17, 15) is 24.8 Å². The molecule has 31 heavy (non-hydrogen) atoms. The summed E-state index contributed by atoms with van der Waals surface area (Å²) in [6.45, 7) is 0. The van der Waals surface area contributed by atoms with Crippen molar-refractivity contribution in [2.45, 2.75) is 17.9 Å². The largest absolute Gasteiger partial charge is 0.467 e. The van der Waals surface area contributed by atoms with Gasteiger partial charge in [-0.3, -0.25) is 14.9 Å². The van der Waals surface area contributed by atoms with Gasteiger partial charge in [-0.15, -0.1) is 0 Å². The van der Waals surface area contributed by atoms with Gasteiger partial charge in [-0.25, -0.2) is 9.78 Å². The van der Waals surface area contributed by atoms with Crippen LogP contribution in [-0.4, -0.2) is 38.4 Å². The predicted octanol–water partition coefficient (Wildman–Crippen LogP) is 2.75. The van der Waals surface area contributed by atoms with E-state index in [1.807, 2.05) is 0 Å². The minimum atomic E-state index is -2.22. The van der Waals surface area contributed by atoms with Crippen LogP contribution in [0.5, 0.6) is 0 Å². The number of rotatable bonds is 8. The highest BCUT2D eigenvalue weighted by atomic mass is 16.6. The minimum Gasteiger partial charge on any atom is -0.467 e. The van der Waals surface area contributed by atoms with Crippen LogP contribution in [0.25, 0.3) is 0 Å². The smallest absolute Gasteiger partial charge is 0.343 e. The molecule has 3 aromatic rings. The Morgan fingerprint density at radius 1 is 1.19 bits per heavy atom. The molecule has 160 valence electrons. The molecular formula is C22H21N3O6. The Balaban J connectivity index is 2.15. The molecule has 0 aliphatic heterocycles. The number of methoxy groups -OCH3 is 1. The Morgan fingerprint density at radius 2 is 1.84 bits per heavy atom. The summed E-state index contributed by atoms with van der Waals surface area (Å²) in [7, 11) is 2.80. The standard InChI is InChI=1S/C22H21N3O6/c1-24-13-12-23-20(24)19(26)14-18(15-8-10-17(11-9-15)25(29)30)22(28,21(27)31-2)16-6-4-3-5-7-16/h3-13,18,28H,14H2,1-2H3/t18-,22-/m0/s1. The van der Waals surface area contributed by atoms with Gasteiger partial charge in [0.25, 0.3) is 5.69 Å². The number of carbonyl (C=O) groups is 2. The molecule has 2 aromatic carbocycles. The second-order valence-corrected chi connectivity index (χ2v) is 7.01. The highest BCUT2D eigenvalue weighted by Crippen LogP contribution is 2.41. The molecular weight excluding hydrogens is 402 g/mol. The summed E-state index contributed by atoms with van der Waals surface area (Å²) in [6, 6.07) is 13.5. The lowest BCUT2D eigenvalue weighted by molar-refractivity contribution is -0.384. The number of carbonyl (C=O) groups excluding carboxylic acids is 2. The summed E-state index contributed by atoms with van der Waals surface area (Å²) in [5, 5.41) is 22.7. The first kappa shape index (κ1) is 21.8. The second-order valence-electron chi connectivity index (χ2n) is 7.01. The zero-order valence-electron chi connectivity index (χ0n) is 17.0. The van der Waals surface area contributed by atoms with E-state index in [4.69, 9.17) is 4.74 Å². The first-order valence-electron chi connectivity index (χ1n) is 9.40. The first-order chi connectivity index (χ1) is 14.8. The molecule has 1 aromatic heterocycles. The van der Waals surface area contributed by atoms with Crippen molar-refractivity contribution in [3.05, 3.63) is 94.1 Å². The highest BCUT2D eigenvalue weighted by molar-refractivity contribution is 5.94. The number of imidazole rings is 1. The van der Waals surface area contributed by atoms with Crippen molar-refractivity contribution in [1.29, 1.82) is 0 Å². The van der Waals surface area contributed by atoms with Crippen LogP contribution >= 0.6 is 0 Å². The van der Waals surface area contributed by atoms with Gasteiger partial charge in [-0.05, 0) is 11.1 Å². The average molecular weight is 423 g/mol. The number of hydrogen-bond acceptors (Lipinski definition) is 7. The fraction of sp³-hybridized carbons (Fsp3) is 0.227. The predicted molar refractivity (Wildman–Crippen MR) is 110 cm³/mol. The van der Waals surface area contributed by atoms with Crippen LogP contribution in [0.15, 0.2) is 67.0 Å². The summed E-state index contributed by atoms with van der Waals surface area (Å²) < 4.78 is 6.44. The van der Waals surface area contributed by atoms with E-state index in [0.29, 0.717) is 5.56 Å². The fourth-order valence-electron chi connectivity index (χ4n) is 3.56. The van der Waals surface area contributed by atoms with Gasteiger partial charge in [0.15, 0.2) is 17.2 Å². The van der Waals surface area contributed by atoms with Gasteiger partial charge in [-0.2, -0.15) is 0 Å². The molecule has 0 spiro atoms. The van der Waals surface area contributed by atoms with Crippen molar-refractivity contribution >= 4 is 17.4 Å². The summed E-state index contributed by atoms with van der Waals surface area (Å²) in [6.07, 6.45) is 2.79. The zero-order valence-corrected chi connectivity index (χ0v) is 17.0. The lowest BCUT2D eigenvalue weighted by Gasteiger charge is -2.34. The van der Waals surface area contributed by atoms with Crippen LogP contribution in [0.3, 0.4) is 0 Å². The third-order valence-electron chi connectivity index (χ3n) is 5.18. The Labute approximate surface area is 178 Å². The molecule has 9 nitrogen and oxygen atoms in total. The van der Waals surface area contributed by atoms with Crippen molar-refractivity contribution in [3.8, 4) is 0 Å². The summed E-state index contributed by atoms with van der Waals surface area (Å²) in [5.41, 5.74) is -1.77. The number of non-ortho nitro benzene ring substituents is 1. The number of ketones is 1. The van der Waals surface area contributed by atoms with Crippen LogP contribution in [0.4, 0.5) is 5.69 Å². The monoisotopic (exact) mass is 423 g/mol. The van der Waals surface area contributed by atoms with E-state index in [1.165, 1.54) is 35.0 Å². The van der Waals surface area contributed by atoms with E-state index in [0.717, 1.165) is 7.11 Å². The van der Waals surface area contributed by atoms with Gasteiger partial charge in [0.2, 0.25) is 0 Å². The number of Topliss-reactive ketones (excluding diaryl/α,β-unsaturated/α-hetero) is 1. The van der Waals surface area contributed by atoms with Gasteiger partial charge in [-0.1, -0.05) is 42.5 Å². The Bertz CT molecular complexity index is 1090. The molecule has 0 aliphatic carbocycles. The highest BCUT2D eigenvalue weighted by Gasteiger charge is 2.48. The lowest BCUT2D eigenvalue weighted by atomic mass is 9.74. The fourth-order valence-corrected chi connectivity index (χ4v) is 3.56. The molecule has 0 radical (unpaired) electrons. The minimum absolute atomic E-state index is 0.153. The number of hydrogen-bond donors (Lipinski definition) is 1. The van der Waals surface area contributed by atoms with Crippen molar-refractivity contribution in [2.24, 2.45) is 7.05 Å². The van der Waals surface area contributed by atoms with E-state index >= 15 is 0 Å². The number of nitrogens with zero attached hydrogens (tertiary/aromatic N) is 3. The number of aromatic nitrogens is 2. The van der Waals surface area contributed by atoms with Gasteiger partial charge < -0.3 is 14.4 Å². The van der Waals surface area contributed by atoms with Crippen molar-refractivity contribution in [3.63, 3.8) is 0 Å². The zero-order chi connectivity index (χ0) is 22.6. The molecule has 0 bridgehead atoms. The quantitative estimate of drug-likeness (QED) is 0.256. The third kappa shape index (κ3) is 4.22. The Hall–Kier alpha value is -3.85. The van der Waals surface area contributed by atoms with Crippen LogP contribution < -0.4 is 0 Å². The molecule has 0 amide bonds. The van der Waals surface area contributed by atoms with Crippen LogP contribution in [0, 0.1) is 10.1 Å². The topological polar surface area (TPSA) is 125 Å². The van der Waals surface area contributed by atoms with Crippen LogP contribution in [0.1, 0.15) is 34.1 Å². The molecule has 1 N–H and O–H groups in total. The lowest BCUT2D eigenvalue weighted by Crippen LogP contribution is -2.43. The number of aliphatic hydroxyl groups is 1. The third-order valence-corrected chi connectivity index (χ3v) is 5.18. The Kier molecular flexibility index (Phi) is 6.26. The van der Waals surface area contributed by atoms with Crippen molar-refractivity contribution in [1.82, 2.24) is 9.55 Å². The van der Waals surface area contributed by atoms with Gasteiger partial charge in [0.1, 0.15) is 0 Å². The number of esters is 1. The number of nitro groups is 1. The molecule has 2 atom stereocenters. The normalized spacial score (nSPS) is 13.8. The molecule has 3 rings (SSSR count). The van der Waals surface area contributed by atoms with Crippen molar-refractivity contribution < 1.29 is 24.4 Å². The van der Waals surface area contributed by atoms with Gasteiger partial charge in [0.05, 0.1) is 12.0 Å². The summed E-state index contributed by atoms with van der Waals surface area (Å²) in [5.74, 6) is -2.29. The molecule has 0 saturated carbocycles. The van der Waals surface area contributed by atoms with Crippen molar-refractivity contribution in [2.75, 3.05) is 7.11 Å². The molecule has 0 unspecified atom stereocenters. The maximum absolute atomic E-state index is 13.0.